The molecule has 3 heterocycles. The number of pyridine rings is 1. The smallest absolute Gasteiger partial charge is 0.223 e. The molecule has 1 saturated heterocycles. The molecule has 1 N–H and O–H groups in total. The number of hydrogen-bond donors (Lipinski definition) is 1. The third-order valence-electron chi connectivity index (χ3n) is 7.09. The van der Waals surface area contributed by atoms with Crippen molar-refractivity contribution in [1.82, 2.24) is 14.9 Å². The van der Waals surface area contributed by atoms with E-state index in [2.05, 4.69) is 48.6 Å². The maximum Gasteiger partial charge on any atom is 0.223 e. The largest absolute Gasteiger partial charge is 0.494 e. The predicted molar refractivity (Wildman–Crippen MR) is 132 cm³/mol. The minimum absolute atomic E-state index is 0.0740. The summed E-state index contributed by atoms with van der Waals surface area (Å²) in [7, 11) is 1.57. The molecule has 1 fully saturated rings. The van der Waals surface area contributed by atoms with Gasteiger partial charge in [0, 0.05) is 35.5 Å². The van der Waals surface area contributed by atoms with Gasteiger partial charge in [-0.15, -0.1) is 0 Å². The van der Waals surface area contributed by atoms with E-state index in [9.17, 15) is 10.1 Å². The number of nitrogens with one attached hydrogen (secondary N) is 1. The Morgan fingerprint density at radius 2 is 2.00 bits per heavy atom. The average molecular weight is 473 g/mol. The Kier molecular flexibility index (Phi) is 7.33. The Bertz CT molecular complexity index is 1050. The summed E-state index contributed by atoms with van der Waals surface area (Å²) in [6.07, 6.45) is 7.41. The van der Waals surface area contributed by atoms with Crippen molar-refractivity contribution in [3.63, 3.8) is 0 Å². The van der Waals surface area contributed by atoms with E-state index in [-0.39, 0.29) is 18.0 Å². The monoisotopic (exact) mass is 472 g/mol. The van der Waals surface area contributed by atoms with Crippen molar-refractivity contribution in [2.75, 3.05) is 7.11 Å². The van der Waals surface area contributed by atoms with Crippen molar-refractivity contribution < 1.29 is 9.53 Å². The Morgan fingerprint density at radius 3 is 2.61 bits per heavy atom. The van der Waals surface area contributed by atoms with Gasteiger partial charge in [-0.05, 0) is 51.0 Å². The Labute approximate surface area is 202 Å². The quantitative estimate of drug-likeness (QED) is 0.517. The Hall–Kier alpha value is -2.26. The van der Waals surface area contributed by atoms with E-state index in [1.54, 1.807) is 13.3 Å². The summed E-state index contributed by atoms with van der Waals surface area (Å²) in [5, 5.41) is 10.9. The van der Waals surface area contributed by atoms with Crippen LogP contribution in [0.25, 0.3) is 11.0 Å². The lowest BCUT2D eigenvalue weighted by atomic mass is 9.76. The van der Waals surface area contributed by atoms with Gasteiger partial charge in [-0.2, -0.15) is 5.26 Å². The average Bonchev–Trinajstić information content (AvgIpc) is 3.19. The van der Waals surface area contributed by atoms with E-state index in [1.165, 1.54) is 0 Å². The van der Waals surface area contributed by atoms with Crippen LogP contribution in [0.15, 0.2) is 12.4 Å². The lowest BCUT2D eigenvalue weighted by Gasteiger charge is -2.47. The summed E-state index contributed by atoms with van der Waals surface area (Å²) in [5.74, 6) is 1.19. The molecule has 0 aliphatic carbocycles. The second kappa shape index (κ2) is 9.54. The SMILES string of the molecule is CCC1CC(C)CC(CC(C)(C)C#N)N1C(=O)CC(C)(C)c1c[nH]c2ncc(OC)c(Cl)c12. The summed E-state index contributed by atoms with van der Waals surface area (Å²) in [6, 6.07) is 2.70. The molecule has 7 heteroatoms. The van der Waals surface area contributed by atoms with Crippen molar-refractivity contribution >= 4 is 28.5 Å². The third kappa shape index (κ3) is 5.14. The van der Waals surface area contributed by atoms with Crippen LogP contribution in [0.2, 0.25) is 5.02 Å². The number of fused-ring (bicyclic) bond motifs is 1. The molecule has 1 aliphatic heterocycles. The first-order chi connectivity index (χ1) is 15.4. The zero-order chi connectivity index (χ0) is 24.6. The van der Waals surface area contributed by atoms with Crippen molar-refractivity contribution in [2.24, 2.45) is 11.3 Å². The van der Waals surface area contributed by atoms with Crippen molar-refractivity contribution in [1.29, 1.82) is 5.26 Å². The van der Waals surface area contributed by atoms with E-state index in [0.717, 1.165) is 30.2 Å². The molecule has 180 valence electrons. The molecule has 2 aromatic rings. The molecule has 0 saturated carbocycles. The maximum absolute atomic E-state index is 13.9. The molecule has 0 aromatic carbocycles. The van der Waals surface area contributed by atoms with Gasteiger partial charge in [-0.1, -0.05) is 39.3 Å². The predicted octanol–water partition coefficient (Wildman–Crippen LogP) is 6.24. The fourth-order valence-electron chi connectivity index (χ4n) is 5.42. The minimum Gasteiger partial charge on any atom is -0.494 e. The fraction of sp³-hybridized carbons (Fsp3) is 0.654. The number of carbonyl (C=O) groups excluding carboxylic acids is 1. The zero-order valence-electron chi connectivity index (χ0n) is 21.0. The van der Waals surface area contributed by atoms with E-state index in [1.807, 2.05) is 20.0 Å². The molecular weight excluding hydrogens is 436 g/mol. The highest BCUT2D eigenvalue weighted by Crippen LogP contribution is 2.41. The van der Waals surface area contributed by atoms with E-state index >= 15 is 0 Å². The first-order valence-electron chi connectivity index (χ1n) is 11.9. The van der Waals surface area contributed by atoms with Crippen LogP contribution in [-0.4, -0.2) is 40.0 Å². The van der Waals surface area contributed by atoms with E-state index in [4.69, 9.17) is 16.3 Å². The number of ether oxygens (including phenoxy) is 1. The number of nitriles is 1. The minimum atomic E-state index is -0.472. The molecule has 1 amide bonds. The number of amides is 1. The number of nitrogens with zero attached hydrogens (tertiary/aromatic N) is 3. The van der Waals surface area contributed by atoms with Gasteiger partial charge in [0.05, 0.1) is 29.8 Å². The normalized spacial score (nSPS) is 21.8. The van der Waals surface area contributed by atoms with Crippen LogP contribution in [0, 0.1) is 22.7 Å². The second-order valence-corrected chi connectivity index (χ2v) is 11.3. The second-order valence-electron chi connectivity index (χ2n) is 10.9. The number of methoxy groups -OCH3 is 1. The van der Waals surface area contributed by atoms with Gasteiger partial charge in [0.25, 0.3) is 0 Å². The summed E-state index contributed by atoms with van der Waals surface area (Å²) in [6.45, 7) is 12.5. The Morgan fingerprint density at radius 1 is 1.33 bits per heavy atom. The molecule has 2 aromatic heterocycles. The zero-order valence-corrected chi connectivity index (χ0v) is 21.7. The molecule has 3 rings (SSSR count). The highest BCUT2D eigenvalue weighted by atomic mass is 35.5. The maximum atomic E-state index is 13.9. The number of carbonyl (C=O) groups is 1. The lowest BCUT2D eigenvalue weighted by Crippen LogP contribution is -2.53. The van der Waals surface area contributed by atoms with Gasteiger partial charge in [0.2, 0.25) is 5.91 Å². The molecule has 0 bridgehead atoms. The van der Waals surface area contributed by atoms with Crippen LogP contribution in [0.4, 0.5) is 0 Å². The van der Waals surface area contributed by atoms with Gasteiger partial charge >= 0.3 is 0 Å². The first kappa shape index (κ1) is 25.4. The van der Waals surface area contributed by atoms with Crippen molar-refractivity contribution in [2.45, 2.75) is 91.1 Å². The molecule has 0 spiro atoms. The first-order valence-corrected chi connectivity index (χ1v) is 12.2. The third-order valence-corrected chi connectivity index (χ3v) is 7.47. The summed E-state index contributed by atoms with van der Waals surface area (Å²) < 4.78 is 5.37. The Balaban J connectivity index is 1.94. The van der Waals surface area contributed by atoms with Crippen LogP contribution in [-0.2, 0) is 10.2 Å². The number of H-pyrrole nitrogens is 1. The highest BCUT2D eigenvalue weighted by molar-refractivity contribution is 6.37. The van der Waals surface area contributed by atoms with Gasteiger partial charge in [-0.3, -0.25) is 4.79 Å². The number of hydrogen-bond acceptors (Lipinski definition) is 4. The number of likely N-dealkylation sites (tertiary alicyclic amines) is 1. The molecule has 3 unspecified atom stereocenters. The molecule has 1 aliphatic rings. The van der Waals surface area contributed by atoms with Crippen LogP contribution in [0.1, 0.15) is 79.2 Å². The van der Waals surface area contributed by atoms with Crippen LogP contribution >= 0.6 is 11.6 Å². The summed E-state index contributed by atoms with van der Waals surface area (Å²) in [5.41, 5.74) is 0.697. The summed E-state index contributed by atoms with van der Waals surface area (Å²) in [4.78, 5) is 23.6. The number of halogens is 1. The summed E-state index contributed by atoms with van der Waals surface area (Å²) >= 11 is 6.64. The lowest BCUT2D eigenvalue weighted by molar-refractivity contribution is -0.141. The highest BCUT2D eigenvalue weighted by Gasteiger charge is 2.41. The molecular formula is C26H37ClN4O2. The van der Waals surface area contributed by atoms with E-state index in [0.29, 0.717) is 35.2 Å². The van der Waals surface area contributed by atoms with Crippen molar-refractivity contribution in [3.05, 3.63) is 23.0 Å². The number of piperidine rings is 1. The standard InChI is InChI=1S/C26H37ClN4O2/c1-8-17-9-16(2)10-18(11-25(3,4)15-28)31(17)21(32)12-26(5,6)19-13-29-24-22(19)23(27)20(33-7)14-30-24/h13-14,16-18H,8-12H2,1-7H3,(H,29,30). The number of aromatic amines is 1. The van der Waals surface area contributed by atoms with Gasteiger partial charge < -0.3 is 14.6 Å². The van der Waals surface area contributed by atoms with Crippen LogP contribution < -0.4 is 4.74 Å². The fourth-order valence-corrected chi connectivity index (χ4v) is 5.73. The molecule has 33 heavy (non-hydrogen) atoms. The molecule has 3 atom stereocenters. The topological polar surface area (TPSA) is 82.0 Å². The van der Waals surface area contributed by atoms with Gasteiger partial charge in [0.1, 0.15) is 5.65 Å². The van der Waals surface area contributed by atoms with Crippen LogP contribution in [0.5, 0.6) is 5.75 Å². The molecule has 6 nitrogen and oxygen atoms in total. The van der Waals surface area contributed by atoms with Crippen molar-refractivity contribution in [3.8, 4) is 11.8 Å². The number of rotatable bonds is 7. The number of aromatic nitrogens is 2. The van der Waals surface area contributed by atoms with Crippen LogP contribution in [0.3, 0.4) is 0 Å². The van der Waals surface area contributed by atoms with E-state index < -0.39 is 10.8 Å². The molecule has 0 radical (unpaired) electrons. The van der Waals surface area contributed by atoms with Gasteiger partial charge in [-0.25, -0.2) is 4.98 Å². The van der Waals surface area contributed by atoms with Gasteiger partial charge in [0.15, 0.2) is 5.75 Å².